The molecular formula is C9H9N3OSe. The molecule has 0 aromatic carbocycles. The van der Waals surface area contributed by atoms with Crippen LogP contribution in [-0.4, -0.2) is 25.4 Å². The number of anilines is 1. The molecule has 0 fully saturated rings. The molecule has 0 saturated carbocycles. The monoisotopic (exact) mass is 255 g/mol. The molecule has 0 aliphatic rings. The first kappa shape index (κ1) is 9.24. The van der Waals surface area contributed by atoms with Gasteiger partial charge in [-0.25, -0.2) is 0 Å². The van der Waals surface area contributed by atoms with Crippen molar-refractivity contribution in [2.45, 2.75) is 6.92 Å². The predicted octanol–water partition coefficient (Wildman–Crippen LogP) is 0.281. The fourth-order valence-corrected chi connectivity index (χ4v) is 3.11. The molecule has 14 heavy (non-hydrogen) atoms. The Morgan fingerprint density at radius 3 is 2.93 bits per heavy atom. The van der Waals surface area contributed by atoms with Crippen molar-refractivity contribution < 1.29 is 4.79 Å². The van der Waals surface area contributed by atoms with E-state index in [1.54, 1.807) is 13.0 Å². The fraction of sp³-hybridized carbons (Fsp3) is 0.111. The molecule has 0 aliphatic heterocycles. The Kier molecular flexibility index (Phi) is 2.06. The standard InChI is InChI=1S/C9H9N3OSe/c1-4-5(8(11)13)2-6-7(10)3-14-9(6)12-4/h2-3H,10H2,1H3,(H2,11,13). The van der Waals surface area contributed by atoms with Crippen LogP contribution in [-0.2, 0) is 0 Å². The maximum atomic E-state index is 11.1. The molecule has 0 bridgehead atoms. The number of nitrogens with two attached hydrogens (primary N) is 2. The number of carbonyl (C=O) groups excluding carboxylic acids is 1. The summed E-state index contributed by atoms with van der Waals surface area (Å²) in [6, 6.07) is 1.74. The van der Waals surface area contributed by atoms with Crippen molar-refractivity contribution in [3.63, 3.8) is 0 Å². The maximum absolute atomic E-state index is 11.1. The van der Waals surface area contributed by atoms with E-state index in [1.807, 2.05) is 4.94 Å². The first-order chi connectivity index (χ1) is 6.59. The van der Waals surface area contributed by atoms with Crippen molar-refractivity contribution in [3.05, 3.63) is 22.3 Å². The Bertz CT molecular complexity index is 518. The van der Waals surface area contributed by atoms with Crippen LogP contribution in [0, 0.1) is 6.92 Å². The molecule has 0 saturated heterocycles. The quantitative estimate of drug-likeness (QED) is 0.717. The van der Waals surface area contributed by atoms with Crippen LogP contribution in [0.3, 0.4) is 0 Å². The van der Waals surface area contributed by atoms with Crippen molar-refractivity contribution in [1.29, 1.82) is 0 Å². The first-order valence-electron chi connectivity index (χ1n) is 4.03. The van der Waals surface area contributed by atoms with E-state index < -0.39 is 5.91 Å². The number of aromatic nitrogens is 1. The van der Waals surface area contributed by atoms with Crippen LogP contribution in [0.15, 0.2) is 11.0 Å². The van der Waals surface area contributed by atoms with E-state index in [9.17, 15) is 4.79 Å². The van der Waals surface area contributed by atoms with Crippen LogP contribution < -0.4 is 11.5 Å². The summed E-state index contributed by atoms with van der Waals surface area (Å²) in [5, 5.41) is 0.865. The van der Waals surface area contributed by atoms with E-state index in [4.69, 9.17) is 11.5 Å². The van der Waals surface area contributed by atoms with Gasteiger partial charge >= 0.3 is 86.3 Å². The molecule has 5 heteroatoms. The zero-order chi connectivity index (χ0) is 10.3. The third-order valence-electron chi connectivity index (χ3n) is 2.05. The van der Waals surface area contributed by atoms with Crippen LogP contribution in [0.1, 0.15) is 16.1 Å². The van der Waals surface area contributed by atoms with Gasteiger partial charge in [0.15, 0.2) is 0 Å². The summed E-state index contributed by atoms with van der Waals surface area (Å²) in [6.07, 6.45) is 0. The third-order valence-corrected chi connectivity index (χ3v) is 3.95. The molecular weight excluding hydrogens is 245 g/mol. The zero-order valence-corrected chi connectivity index (χ0v) is 9.29. The minimum absolute atomic E-state index is 0.195. The zero-order valence-electron chi connectivity index (χ0n) is 7.57. The Hall–Kier alpha value is -1.32. The molecule has 0 atom stereocenters. The van der Waals surface area contributed by atoms with Crippen molar-refractivity contribution in [2.24, 2.45) is 5.73 Å². The van der Waals surface area contributed by atoms with Gasteiger partial charge in [0.25, 0.3) is 0 Å². The molecule has 4 nitrogen and oxygen atoms in total. The number of fused-ring (bicyclic) bond motifs is 1. The van der Waals surface area contributed by atoms with Crippen molar-refractivity contribution in [3.8, 4) is 0 Å². The predicted molar refractivity (Wildman–Crippen MR) is 56.4 cm³/mol. The molecule has 2 aromatic rings. The number of nitrogens with zero attached hydrogens (tertiary/aromatic N) is 1. The van der Waals surface area contributed by atoms with Gasteiger partial charge in [-0.3, -0.25) is 0 Å². The molecule has 1 amide bonds. The van der Waals surface area contributed by atoms with Gasteiger partial charge in [-0.05, 0) is 0 Å². The number of carbonyl (C=O) groups is 1. The third kappa shape index (κ3) is 1.31. The van der Waals surface area contributed by atoms with Crippen LogP contribution >= 0.6 is 0 Å². The van der Waals surface area contributed by atoms with Gasteiger partial charge in [-0.15, -0.1) is 0 Å². The molecule has 0 radical (unpaired) electrons. The second kappa shape index (κ2) is 3.11. The van der Waals surface area contributed by atoms with Crippen molar-refractivity contribution in [1.82, 2.24) is 4.98 Å². The van der Waals surface area contributed by atoms with Crippen LogP contribution in [0.5, 0.6) is 0 Å². The molecule has 0 spiro atoms. The summed E-state index contributed by atoms with van der Waals surface area (Å²) in [5.41, 5.74) is 12.8. The normalized spacial score (nSPS) is 10.6. The summed E-state index contributed by atoms with van der Waals surface area (Å²) in [6.45, 7) is 1.78. The van der Waals surface area contributed by atoms with Gasteiger partial charge in [-0.2, -0.15) is 0 Å². The number of rotatable bonds is 1. The Morgan fingerprint density at radius 1 is 1.57 bits per heavy atom. The van der Waals surface area contributed by atoms with E-state index in [-0.39, 0.29) is 14.5 Å². The first-order valence-corrected chi connectivity index (χ1v) is 5.88. The van der Waals surface area contributed by atoms with Crippen molar-refractivity contribution >= 4 is 35.9 Å². The summed E-state index contributed by atoms with van der Waals surface area (Å²) in [4.78, 5) is 17.3. The molecule has 72 valence electrons. The topological polar surface area (TPSA) is 82.0 Å². The molecule has 0 unspecified atom stereocenters. The Balaban J connectivity index is 2.80. The van der Waals surface area contributed by atoms with Crippen molar-refractivity contribution in [2.75, 3.05) is 5.73 Å². The average molecular weight is 254 g/mol. The van der Waals surface area contributed by atoms with Gasteiger partial charge in [0.2, 0.25) is 0 Å². The summed E-state index contributed by atoms with van der Waals surface area (Å²) < 4.78 is 0.984. The average Bonchev–Trinajstić information content (AvgIpc) is 2.46. The summed E-state index contributed by atoms with van der Waals surface area (Å²) in [5.74, 6) is -0.454. The van der Waals surface area contributed by atoms with E-state index >= 15 is 0 Å². The van der Waals surface area contributed by atoms with Gasteiger partial charge in [0.05, 0.1) is 0 Å². The SMILES string of the molecule is Cc1nc2[se]cc(N)c2cc1C(N)=O. The summed E-state index contributed by atoms with van der Waals surface area (Å²) >= 11 is 0.195. The van der Waals surface area contributed by atoms with Gasteiger partial charge < -0.3 is 0 Å². The summed E-state index contributed by atoms with van der Waals surface area (Å²) in [7, 11) is 0. The minimum atomic E-state index is -0.454. The second-order valence-corrected chi connectivity index (χ2v) is 4.83. The van der Waals surface area contributed by atoms with Gasteiger partial charge in [-0.1, -0.05) is 0 Å². The molecule has 2 rings (SSSR count). The second-order valence-electron chi connectivity index (χ2n) is 3.03. The van der Waals surface area contributed by atoms with Crippen LogP contribution in [0.4, 0.5) is 5.69 Å². The number of primary amides is 1. The number of pyridine rings is 1. The molecule has 0 aliphatic carbocycles. The number of hydrogen-bond acceptors (Lipinski definition) is 3. The number of nitrogen functional groups attached to an aromatic ring is 1. The number of amides is 1. The van der Waals surface area contributed by atoms with E-state index in [2.05, 4.69) is 4.98 Å². The fourth-order valence-electron chi connectivity index (χ4n) is 1.31. The molecule has 2 heterocycles. The van der Waals surface area contributed by atoms with E-state index in [1.165, 1.54) is 0 Å². The molecule has 4 N–H and O–H groups in total. The van der Waals surface area contributed by atoms with Crippen LogP contribution in [0.2, 0.25) is 0 Å². The number of aryl methyl sites for hydroxylation is 1. The van der Waals surface area contributed by atoms with Gasteiger partial charge in [0, 0.05) is 0 Å². The van der Waals surface area contributed by atoms with Crippen LogP contribution in [0.25, 0.3) is 9.78 Å². The number of hydrogen-bond donors (Lipinski definition) is 2. The van der Waals surface area contributed by atoms with E-state index in [0.29, 0.717) is 16.9 Å². The molecule has 2 aromatic heterocycles. The van der Waals surface area contributed by atoms with Gasteiger partial charge in [0.1, 0.15) is 0 Å². The van der Waals surface area contributed by atoms with E-state index in [0.717, 1.165) is 9.78 Å². The Morgan fingerprint density at radius 2 is 2.29 bits per heavy atom. The Labute approximate surface area is 86.7 Å².